The normalized spacial score (nSPS) is 11.3. The van der Waals surface area contributed by atoms with Gasteiger partial charge in [0.2, 0.25) is 0 Å². The van der Waals surface area contributed by atoms with E-state index in [0.717, 1.165) is 17.0 Å². The molecule has 0 amide bonds. The molecule has 0 fully saturated rings. The summed E-state index contributed by atoms with van der Waals surface area (Å²) < 4.78 is 13.5. The van der Waals surface area contributed by atoms with E-state index >= 15 is 0 Å². The number of hydrogen-bond acceptors (Lipinski definition) is 1. The number of halogens is 2. The van der Waals surface area contributed by atoms with Gasteiger partial charge < -0.3 is 10.6 Å². The van der Waals surface area contributed by atoms with Gasteiger partial charge in [-0.05, 0) is 24.1 Å². The zero-order chi connectivity index (χ0) is 15.8. The molecule has 0 unspecified atom stereocenters. The van der Waals surface area contributed by atoms with E-state index in [9.17, 15) is 4.39 Å². The summed E-state index contributed by atoms with van der Waals surface area (Å²) in [6, 6.07) is 14.4. The van der Waals surface area contributed by atoms with Crippen molar-refractivity contribution in [3.8, 4) is 0 Å². The van der Waals surface area contributed by atoms with E-state index in [1.807, 2.05) is 30.3 Å². The highest BCUT2D eigenvalue weighted by molar-refractivity contribution is 6.31. The number of guanidine groups is 1. The zero-order valence-corrected chi connectivity index (χ0v) is 13.2. The first-order valence-corrected chi connectivity index (χ1v) is 7.50. The monoisotopic (exact) mass is 319 g/mol. The molecule has 2 rings (SSSR count). The van der Waals surface area contributed by atoms with Crippen LogP contribution in [0.3, 0.4) is 0 Å². The quantitative estimate of drug-likeness (QED) is 0.654. The van der Waals surface area contributed by atoms with Crippen LogP contribution in [-0.2, 0) is 13.0 Å². The summed E-state index contributed by atoms with van der Waals surface area (Å²) in [7, 11) is 1.69. The molecule has 2 N–H and O–H groups in total. The molecule has 0 saturated carbocycles. The van der Waals surface area contributed by atoms with Crippen LogP contribution in [0.1, 0.15) is 11.1 Å². The van der Waals surface area contributed by atoms with Gasteiger partial charge in [0.15, 0.2) is 5.96 Å². The zero-order valence-electron chi connectivity index (χ0n) is 12.4. The Kier molecular flexibility index (Phi) is 6.22. The highest BCUT2D eigenvalue weighted by Crippen LogP contribution is 2.14. The van der Waals surface area contributed by atoms with E-state index in [0.29, 0.717) is 24.6 Å². The summed E-state index contributed by atoms with van der Waals surface area (Å²) >= 11 is 6.12. The summed E-state index contributed by atoms with van der Waals surface area (Å²) in [6.07, 6.45) is 0.792. The van der Waals surface area contributed by atoms with Gasteiger partial charge in [-0.3, -0.25) is 4.99 Å². The number of rotatable bonds is 5. The molecule has 0 spiro atoms. The molecular formula is C17H19ClFN3. The van der Waals surface area contributed by atoms with Gasteiger partial charge in [0.1, 0.15) is 5.82 Å². The molecule has 0 aliphatic carbocycles. The van der Waals surface area contributed by atoms with Crippen molar-refractivity contribution in [2.24, 2.45) is 4.99 Å². The number of benzene rings is 2. The fraction of sp³-hybridized carbons (Fsp3) is 0.235. The Labute approximate surface area is 135 Å². The maximum Gasteiger partial charge on any atom is 0.191 e. The lowest BCUT2D eigenvalue weighted by atomic mass is 10.1. The van der Waals surface area contributed by atoms with Crippen LogP contribution >= 0.6 is 11.6 Å². The maximum absolute atomic E-state index is 13.5. The third kappa shape index (κ3) is 4.74. The van der Waals surface area contributed by atoms with Gasteiger partial charge in [-0.15, -0.1) is 0 Å². The first kappa shape index (κ1) is 16.3. The summed E-state index contributed by atoms with van der Waals surface area (Å²) in [6.45, 7) is 1.08. The van der Waals surface area contributed by atoms with Crippen molar-refractivity contribution in [1.82, 2.24) is 10.6 Å². The summed E-state index contributed by atoms with van der Waals surface area (Å²) in [5.41, 5.74) is 1.69. The Morgan fingerprint density at radius 3 is 2.41 bits per heavy atom. The van der Waals surface area contributed by atoms with Crippen LogP contribution in [-0.4, -0.2) is 19.6 Å². The average Bonchev–Trinajstić information content (AvgIpc) is 2.54. The third-order valence-corrected chi connectivity index (χ3v) is 3.64. The molecule has 0 aromatic heterocycles. The molecule has 2 aromatic carbocycles. The smallest absolute Gasteiger partial charge is 0.191 e. The molecule has 0 heterocycles. The number of nitrogens with one attached hydrogen (secondary N) is 2. The van der Waals surface area contributed by atoms with E-state index in [4.69, 9.17) is 11.6 Å². The second-order valence-corrected chi connectivity index (χ2v) is 5.19. The second kappa shape index (κ2) is 8.39. The molecule has 0 radical (unpaired) electrons. The Bertz CT molecular complexity index is 643. The second-order valence-electron chi connectivity index (χ2n) is 4.79. The first-order chi connectivity index (χ1) is 10.7. The minimum Gasteiger partial charge on any atom is -0.356 e. The van der Waals surface area contributed by atoms with Crippen molar-refractivity contribution >= 4 is 17.6 Å². The highest BCUT2D eigenvalue weighted by Gasteiger charge is 2.03. The topological polar surface area (TPSA) is 36.4 Å². The van der Waals surface area contributed by atoms with Crippen LogP contribution < -0.4 is 10.6 Å². The molecule has 22 heavy (non-hydrogen) atoms. The Balaban J connectivity index is 1.81. The van der Waals surface area contributed by atoms with Gasteiger partial charge in [-0.1, -0.05) is 48.0 Å². The van der Waals surface area contributed by atoms with E-state index in [1.165, 1.54) is 6.07 Å². The van der Waals surface area contributed by atoms with Gasteiger partial charge in [0, 0.05) is 30.7 Å². The van der Waals surface area contributed by atoms with Crippen LogP contribution in [0.15, 0.2) is 53.5 Å². The number of aliphatic imine (C=N–C) groups is 1. The minimum atomic E-state index is -0.221. The molecular weight excluding hydrogens is 301 g/mol. The standard InChI is InChI=1S/C17H19ClFN3/c1-20-17(22-12-14-7-3-5-9-16(14)19)21-11-10-13-6-2-4-8-15(13)18/h2-9H,10-12H2,1H3,(H2,20,21,22). The van der Waals surface area contributed by atoms with Gasteiger partial charge >= 0.3 is 0 Å². The lowest BCUT2D eigenvalue weighted by molar-refractivity contribution is 0.604. The van der Waals surface area contributed by atoms with Gasteiger partial charge in [0.05, 0.1) is 0 Å². The molecule has 5 heteroatoms. The molecule has 0 aliphatic rings. The molecule has 0 aliphatic heterocycles. The van der Waals surface area contributed by atoms with Crippen molar-refractivity contribution in [3.63, 3.8) is 0 Å². The third-order valence-electron chi connectivity index (χ3n) is 3.27. The van der Waals surface area contributed by atoms with E-state index in [1.54, 1.807) is 19.2 Å². The first-order valence-electron chi connectivity index (χ1n) is 7.12. The van der Waals surface area contributed by atoms with E-state index < -0.39 is 0 Å². The van der Waals surface area contributed by atoms with E-state index in [-0.39, 0.29) is 5.82 Å². The number of hydrogen-bond donors (Lipinski definition) is 2. The summed E-state index contributed by atoms with van der Waals surface area (Å²) in [4.78, 5) is 4.13. The van der Waals surface area contributed by atoms with Crippen LogP contribution in [0.4, 0.5) is 4.39 Å². The Hall–Kier alpha value is -2.07. The summed E-state index contributed by atoms with van der Waals surface area (Å²) in [5.74, 6) is 0.414. The number of nitrogens with zero attached hydrogens (tertiary/aromatic N) is 1. The van der Waals surface area contributed by atoms with Gasteiger partial charge in [0.25, 0.3) is 0 Å². The Morgan fingerprint density at radius 2 is 1.73 bits per heavy atom. The van der Waals surface area contributed by atoms with Crippen molar-refractivity contribution in [2.45, 2.75) is 13.0 Å². The fourth-order valence-corrected chi connectivity index (χ4v) is 2.29. The Morgan fingerprint density at radius 1 is 1.05 bits per heavy atom. The minimum absolute atomic E-state index is 0.221. The van der Waals surface area contributed by atoms with Crippen LogP contribution in [0.25, 0.3) is 0 Å². The molecule has 116 valence electrons. The average molecular weight is 320 g/mol. The maximum atomic E-state index is 13.5. The van der Waals surface area contributed by atoms with Gasteiger partial charge in [-0.25, -0.2) is 4.39 Å². The van der Waals surface area contributed by atoms with Crippen LogP contribution in [0, 0.1) is 5.82 Å². The predicted octanol–water partition coefficient (Wildman–Crippen LogP) is 3.39. The molecule has 3 nitrogen and oxygen atoms in total. The largest absolute Gasteiger partial charge is 0.356 e. The van der Waals surface area contributed by atoms with E-state index in [2.05, 4.69) is 15.6 Å². The SMILES string of the molecule is CN=C(NCCc1ccccc1Cl)NCc1ccccc1F. The fourth-order valence-electron chi connectivity index (χ4n) is 2.06. The lowest BCUT2D eigenvalue weighted by Crippen LogP contribution is -2.38. The van der Waals surface area contributed by atoms with Gasteiger partial charge in [-0.2, -0.15) is 0 Å². The van der Waals surface area contributed by atoms with Crippen LogP contribution in [0.2, 0.25) is 5.02 Å². The molecule has 0 bridgehead atoms. The lowest BCUT2D eigenvalue weighted by Gasteiger charge is -2.12. The van der Waals surface area contributed by atoms with Crippen molar-refractivity contribution in [2.75, 3.05) is 13.6 Å². The highest BCUT2D eigenvalue weighted by atomic mass is 35.5. The summed E-state index contributed by atoms with van der Waals surface area (Å²) in [5, 5.41) is 7.05. The van der Waals surface area contributed by atoms with Crippen molar-refractivity contribution in [1.29, 1.82) is 0 Å². The predicted molar refractivity (Wildman–Crippen MR) is 89.8 cm³/mol. The van der Waals surface area contributed by atoms with Crippen molar-refractivity contribution < 1.29 is 4.39 Å². The van der Waals surface area contributed by atoms with Crippen molar-refractivity contribution in [3.05, 3.63) is 70.5 Å². The molecule has 0 saturated heterocycles. The molecule has 0 atom stereocenters. The molecule has 2 aromatic rings. The van der Waals surface area contributed by atoms with Crippen LogP contribution in [0.5, 0.6) is 0 Å².